The van der Waals surface area contributed by atoms with Crippen molar-refractivity contribution in [2.75, 3.05) is 0 Å². The van der Waals surface area contributed by atoms with Gasteiger partial charge >= 0.3 is 0 Å². The molecule has 0 bridgehead atoms. The van der Waals surface area contributed by atoms with E-state index >= 15 is 0 Å². The first-order chi connectivity index (χ1) is 6.22. The van der Waals surface area contributed by atoms with Gasteiger partial charge in [0.25, 0.3) is 0 Å². The van der Waals surface area contributed by atoms with Gasteiger partial charge < -0.3 is 0 Å². The number of rotatable bonds is 3. The van der Waals surface area contributed by atoms with Gasteiger partial charge in [0.1, 0.15) is 0 Å². The maximum Gasteiger partial charge on any atom is 0.0927 e. The Morgan fingerprint density at radius 3 is 2.92 bits per heavy atom. The van der Waals surface area contributed by atoms with Crippen molar-refractivity contribution in [3.05, 3.63) is 29.6 Å². The van der Waals surface area contributed by atoms with Crippen molar-refractivity contribution in [2.45, 2.75) is 26.4 Å². The van der Waals surface area contributed by atoms with Crippen LogP contribution in [0, 0.1) is 18.3 Å². The molecule has 0 aliphatic rings. The molecule has 3 nitrogen and oxygen atoms in total. The predicted octanol–water partition coefficient (Wildman–Crippen LogP) is 1.39. The van der Waals surface area contributed by atoms with E-state index in [-0.39, 0.29) is 6.04 Å². The number of aryl methyl sites for hydroxylation is 1. The normalized spacial score (nSPS) is 12.1. The highest BCUT2D eigenvalue weighted by molar-refractivity contribution is 5.13. The second kappa shape index (κ2) is 4.58. The Bertz CT molecular complexity index is 297. The number of nitrogens with one attached hydrogen (secondary N) is 1. The summed E-state index contributed by atoms with van der Waals surface area (Å²) in [4.78, 5) is 4.16. The first-order valence-corrected chi connectivity index (χ1v) is 4.27. The Balaban J connectivity index is 2.47. The van der Waals surface area contributed by atoms with Gasteiger partial charge in [-0.2, -0.15) is 5.26 Å². The Morgan fingerprint density at radius 1 is 1.62 bits per heavy atom. The SMILES string of the molecule is Cc1ccc(CNC(C)C#N)cn1. The first-order valence-electron chi connectivity index (χ1n) is 4.27. The predicted molar refractivity (Wildman–Crippen MR) is 50.9 cm³/mol. The molecule has 0 aliphatic carbocycles. The second-order valence-electron chi connectivity index (χ2n) is 3.04. The molecule has 1 heterocycles. The van der Waals surface area contributed by atoms with Gasteiger partial charge in [0.2, 0.25) is 0 Å². The molecule has 0 fully saturated rings. The maximum absolute atomic E-state index is 8.53. The molecule has 0 aromatic carbocycles. The number of hydrogen-bond donors (Lipinski definition) is 1. The van der Waals surface area contributed by atoms with E-state index in [2.05, 4.69) is 16.4 Å². The molecule has 68 valence electrons. The molecule has 0 saturated carbocycles. The van der Waals surface area contributed by atoms with Gasteiger partial charge in [-0.1, -0.05) is 6.07 Å². The van der Waals surface area contributed by atoms with Crippen LogP contribution in [0.2, 0.25) is 0 Å². The molecule has 3 heteroatoms. The summed E-state index contributed by atoms with van der Waals surface area (Å²) in [6, 6.07) is 5.98. The minimum absolute atomic E-state index is 0.110. The van der Waals surface area contributed by atoms with Crippen molar-refractivity contribution in [2.24, 2.45) is 0 Å². The van der Waals surface area contributed by atoms with E-state index in [1.165, 1.54) is 0 Å². The van der Waals surface area contributed by atoms with Crippen LogP contribution in [-0.2, 0) is 6.54 Å². The average Bonchev–Trinajstić information content (AvgIpc) is 2.16. The molecule has 1 unspecified atom stereocenters. The molecule has 13 heavy (non-hydrogen) atoms. The van der Waals surface area contributed by atoms with Crippen molar-refractivity contribution in [1.82, 2.24) is 10.3 Å². The summed E-state index contributed by atoms with van der Waals surface area (Å²) < 4.78 is 0. The van der Waals surface area contributed by atoms with Crippen LogP contribution in [-0.4, -0.2) is 11.0 Å². The lowest BCUT2D eigenvalue weighted by molar-refractivity contribution is 0.641. The third-order valence-electron chi connectivity index (χ3n) is 1.78. The smallest absolute Gasteiger partial charge is 0.0927 e. The standard InChI is InChI=1S/C10H13N3/c1-8-3-4-10(6-12-8)7-13-9(2)5-11/h3-4,6,9,13H,7H2,1-2H3. The van der Waals surface area contributed by atoms with Gasteiger partial charge in [-0.05, 0) is 25.5 Å². The highest BCUT2D eigenvalue weighted by Crippen LogP contribution is 1.98. The Labute approximate surface area is 78.4 Å². The molecular weight excluding hydrogens is 162 g/mol. The number of nitrogens with zero attached hydrogens (tertiary/aromatic N) is 2. The van der Waals surface area contributed by atoms with E-state index in [4.69, 9.17) is 5.26 Å². The van der Waals surface area contributed by atoms with Crippen LogP contribution in [0.25, 0.3) is 0 Å². The molecule has 0 saturated heterocycles. The zero-order valence-electron chi connectivity index (χ0n) is 7.91. The summed E-state index contributed by atoms with van der Waals surface area (Å²) in [6.45, 7) is 4.48. The molecular formula is C10H13N3. The summed E-state index contributed by atoms with van der Waals surface area (Å²) in [5.74, 6) is 0. The number of nitriles is 1. The fraction of sp³-hybridized carbons (Fsp3) is 0.400. The van der Waals surface area contributed by atoms with Gasteiger partial charge in [0.15, 0.2) is 0 Å². The van der Waals surface area contributed by atoms with Gasteiger partial charge in [-0.3, -0.25) is 10.3 Å². The summed E-state index contributed by atoms with van der Waals surface area (Å²) in [6.07, 6.45) is 1.83. The Kier molecular flexibility index (Phi) is 3.41. The minimum Gasteiger partial charge on any atom is -0.298 e. The van der Waals surface area contributed by atoms with Crippen LogP contribution in [0.1, 0.15) is 18.2 Å². The molecule has 1 aromatic rings. The van der Waals surface area contributed by atoms with E-state index in [9.17, 15) is 0 Å². The summed E-state index contributed by atoms with van der Waals surface area (Å²) >= 11 is 0. The summed E-state index contributed by atoms with van der Waals surface area (Å²) in [5, 5.41) is 11.6. The third-order valence-corrected chi connectivity index (χ3v) is 1.78. The van der Waals surface area contributed by atoms with E-state index < -0.39 is 0 Å². The van der Waals surface area contributed by atoms with Crippen LogP contribution >= 0.6 is 0 Å². The lowest BCUT2D eigenvalue weighted by Gasteiger charge is -2.05. The molecule has 1 atom stereocenters. The van der Waals surface area contributed by atoms with E-state index in [0.717, 1.165) is 11.3 Å². The molecule has 1 N–H and O–H groups in total. The maximum atomic E-state index is 8.53. The van der Waals surface area contributed by atoms with Crippen molar-refractivity contribution in [3.8, 4) is 6.07 Å². The van der Waals surface area contributed by atoms with Gasteiger partial charge in [0, 0.05) is 18.4 Å². The van der Waals surface area contributed by atoms with Gasteiger partial charge in [0.05, 0.1) is 12.1 Å². The summed E-state index contributed by atoms with van der Waals surface area (Å²) in [5.41, 5.74) is 2.12. The quantitative estimate of drug-likeness (QED) is 0.755. The zero-order valence-corrected chi connectivity index (χ0v) is 7.91. The largest absolute Gasteiger partial charge is 0.298 e. The second-order valence-corrected chi connectivity index (χ2v) is 3.04. The van der Waals surface area contributed by atoms with Crippen molar-refractivity contribution in [3.63, 3.8) is 0 Å². The minimum atomic E-state index is -0.110. The number of aromatic nitrogens is 1. The topological polar surface area (TPSA) is 48.7 Å². The van der Waals surface area contributed by atoms with Crippen LogP contribution < -0.4 is 5.32 Å². The molecule has 0 spiro atoms. The average molecular weight is 175 g/mol. The number of hydrogen-bond acceptors (Lipinski definition) is 3. The van der Waals surface area contributed by atoms with Gasteiger partial charge in [-0.25, -0.2) is 0 Å². The molecule has 0 amide bonds. The van der Waals surface area contributed by atoms with Crippen LogP contribution in [0.3, 0.4) is 0 Å². The van der Waals surface area contributed by atoms with Gasteiger partial charge in [-0.15, -0.1) is 0 Å². The molecule has 0 radical (unpaired) electrons. The lowest BCUT2D eigenvalue weighted by atomic mass is 10.2. The highest BCUT2D eigenvalue weighted by atomic mass is 14.9. The summed E-state index contributed by atoms with van der Waals surface area (Å²) in [7, 11) is 0. The van der Waals surface area contributed by atoms with Crippen molar-refractivity contribution in [1.29, 1.82) is 5.26 Å². The van der Waals surface area contributed by atoms with Crippen LogP contribution in [0.4, 0.5) is 0 Å². The van der Waals surface area contributed by atoms with Crippen molar-refractivity contribution < 1.29 is 0 Å². The Hall–Kier alpha value is -1.40. The Morgan fingerprint density at radius 2 is 2.38 bits per heavy atom. The molecule has 1 rings (SSSR count). The number of pyridine rings is 1. The third kappa shape index (κ3) is 3.22. The monoisotopic (exact) mass is 175 g/mol. The molecule has 0 aliphatic heterocycles. The van der Waals surface area contributed by atoms with Crippen LogP contribution in [0.15, 0.2) is 18.3 Å². The van der Waals surface area contributed by atoms with E-state index in [1.807, 2.05) is 32.2 Å². The first kappa shape index (κ1) is 9.69. The van der Waals surface area contributed by atoms with Crippen molar-refractivity contribution >= 4 is 0 Å². The van der Waals surface area contributed by atoms with Crippen LogP contribution in [0.5, 0.6) is 0 Å². The molecule has 1 aromatic heterocycles. The van der Waals surface area contributed by atoms with E-state index in [0.29, 0.717) is 6.54 Å². The lowest BCUT2D eigenvalue weighted by Crippen LogP contribution is -2.23. The van der Waals surface area contributed by atoms with E-state index in [1.54, 1.807) is 0 Å². The zero-order chi connectivity index (χ0) is 9.68. The highest BCUT2D eigenvalue weighted by Gasteiger charge is 1.98. The fourth-order valence-electron chi connectivity index (χ4n) is 0.920. The fourth-order valence-corrected chi connectivity index (χ4v) is 0.920.